The molecule has 1 saturated carbocycles. The van der Waals surface area contributed by atoms with E-state index in [2.05, 4.69) is 53.0 Å². The lowest BCUT2D eigenvalue weighted by Gasteiger charge is -2.45. The van der Waals surface area contributed by atoms with Crippen molar-refractivity contribution < 1.29 is 9.31 Å². The molecule has 1 fully saturated rings. The monoisotopic (exact) mass is 252 g/mol. The van der Waals surface area contributed by atoms with Gasteiger partial charge in [-0.3, -0.25) is 0 Å². The minimum Gasteiger partial charge on any atom is -0.437 e. The quantitative estimate of drug-likeness (QED) is 0.680. The van der Waals surface area contributed by atoms with Crippen molar-refractivity contribution in [2.24, 2.45) is 11.3 Å². The molecule has 0 spiro atoms. The highest BCUT2D eigenvalue weighted by Gasteiger charge is 2.64. The van der Waals surface area contributed by atoms with Crippen LogP contribution in [0.1, 0.15) is 67.7 Å². The zero-order chi connectivity index (χ0) is 13.7. The summed E-state index contributed by atoms with van der Waals surface area (Å²) in [5, 5.41) is 0. The van der Waals surface area contributed by atoms with Gasteiger partial charge >= 0.3 is 5.90 Å². The van der Waals surface area contributed by atoms with E-state index in [4.69, 9.17) is 4.74 Å². The minimum absolute atomic E-state index is 0.152. The maximum atomic E-state index is 6.38. The lowest BCUT2D eigenvalue weighted by molar-refractivity contribution is -0.646. The van der Waals surface area contributed by atoms with Crippen LogP contribution < -0.4 is 0 Å². The van der Waals surface area contributed by atoms with Crippen LogP contribution >= 0.6 is 0 Å². The molecule has 18 heavy (non-hydrogen) atoms. The summed E-state index contributed by atoms with van der Waals surface area (Å²) in [6, 6.07) is 0.509. The third-order valence-electron chi connectivity index (χ3n) is 5.28. The van der Waals surface area contributed by atoms with E-state index in [1.807, 2.05) is 0 Å². The Labute approximate surface area is 112 Å². The summed E-state index contributed by atoms with van der Waals surface area (Å²) in [6.45, 7) is 16.3. The first-order valence-corrected chi connectivity index (χ1v) is 7.54. The van der Waals surface area contributed by atoms with Crippen molar-refractivity contribution >= 4 is 5.90 Å². The molecule has 0 aromatic rings. The average Bonchev–Trinajstić information content (AvgIpc) is 2.53. The normalized spacial score (nSPS) is 35.1. The van der Waals surface area contributed by atoms with Gasteiger partial charge in [-0.15, -0.1) is 0 Å². The fraction of sp³-hybridized carbons (Fsp3) is 0.938. The molecule has 1 heterocycles. The lowest BCUT2D eigenvalue weighted by atomic mass is 9.62. The summed E-state index contributed by atoms with van der Waals surface area (Å²) in [5.74, 6) is 1.69. The fourth-order valence-corrected chi connectivity index (χ4v) is 3.99. The number of nitrogens with zero attached hydrogens (tertiary/aromatic N) is 1. The lowest BCUT2D eigenvalue weighted by Crippen LogP contribution is -2.60. The molecule has 2 heteroatoms. The second-order valence-corrected chi connectivity index (χ2v) is 7.49. The number of hydrogen-bond acceptors (Lipinski definition) is 1. The van der Waals surface area contributed by atoms with Crippen LogP contribution in [-0.2, 0) is 4.74 Å². The van der Waals surface area contributed by atoms with Gasteiger partial charge in [0.2, 0.25) is 5.54 Å². The molecular formula is C16H30NO+. The van der Waals surface area contributed by atoms with Crippen LogP contribution in [-0.4, -0.2) is 28.2 Å². The topological polar surface area (TPSA) is 12.2 Å². The van der Waals surface area contributed by atoms with Gasteiger partial charge in [0.25, 0.3) is 0 Å². The summed E-state index contributed by atoms with van der Waals surface area (Å²) in [6.07, 6.45) is 4.18. The van der Waals surface area contributed by atoms with Crippen molar-refractivity contribution in [3.63, 3.8) is 0 Å². The molecule has 0 amide bonds. The van der Waals surface area contributed by atoms with Crippen LogP contribution in [0.15, 0.2) is 0 Å². The molecule has 1 aliphatic carbocycles. The van der Waals surface area contributed by atoms with Crippen molar-refractivity contribution in [3.8, 4) is 0 Å². The maximum Gasteiger partial charge on any atom is 0.340 e. The van der Waals surface area contributed by atoms with Crippen molar-refractivity contribution in [1.29, 1.82) is 0 Å². The van der Waals surface area contributed by atoms with Crippen LogP contribution in [0.5, 0.6) is 0 Å². The Kier molecular flexibility index (Phi) is 3.28. The van der Waals surface area contributed by atoms with Crippen LogP contribution in [0.2, 0.25) is 0 Å². The highest BCUT2D eigenvalue weighted by atomic mass is 16.5. The Morgan fingerprint density at radius 3 is 2.28 bits per heavy atom. The van der Waals surface area contributed by atoms with Gasteiger partial charge in [-0.1, -0.05) is 13.8 Å². The van der Waals surface area contributed by atoms with E-state index in [0.29, 0.717) is 23.5 Å². The van der Waals surface area contributed by atoms with E-state index in [9.17, 15) is 0 Å². The van der Waals surface area contributed by atoms with E-state index < -0.39 is 0 Å². The largest absolute Gasteiger partial charge is 0.437 e. The van der Waals surface area contributed by atoms with Crippen LogP contribution in [0.4, 0.5) is 0 Å². The van der Waals surface area contributed by atoms with Crippen LogP contribution in [0.25, 0.3) is 0 Å². The van der Waals surface area contributed by atoms with Gasteiger partial charge in [0.1, 0.15) is 0 Å². The van der Waals surface area contributed by atoms with Gasteiger partial charge in [0.05, 0.1) is 5.92 Å². The molecule has 0 aromatic heterocycles. The van der Waals surface area contributed by atoms with Crippen molar-refractivity contribution in [1.82, 2.24) is 0 Å². The SMILES string of the molecule is CC(C)C1=[N+](C(C)C)[C@]2(C)[C@H](CCCC2(C)C)O1. The Morgan fingerprint density at radius 1 is 1.17 bits per heavy atom. The standard InChI is InChI=1S/C16H30NO/c1-11(2)14-17(12(3)4)16(7)13(18-14)9-8-10-15(16,5)6/h11-13H,8-10H2,1-7H3/q+1/t13-,16+/m0/s1. The third kappa shape index (κ3) is 1.71. The first kappa shape index (κ1) is 13.9. The molecule has 0 N–H and O–H groups in total. The number of hydrogen-bond donors (Lipinski definition) is 0. The zero-order valence-electron chi connectivity index (χ0n) is 13.2. The molecule has 0 aromatic carbocycles. The van der Waals surface area contributed by atoms with Gasteiger partial charge in [0, 0.05) is 12.3 Å². The van der Waals surface area contributed by atoms with Gasteiger partial charge in [-0.05, 0) is 47.0 Å². The first-order valence-electron chi connectivity index (χ1n) is 7.54. The van der Waals surface area contributed by atoms with E-state index in [-0.39, 0.29) is 5.54 Å². The number of fused-ring (bicyclic) bond motifs is 1. The Hall–Kier alpha value is -0.530. The molecule has 0 unspecified atom stereocenters. The molecule has 1 aliphatic heterocycles. The maximum absolute atomic E-state index is 6.38. The molecule has 0 bridgehead atoms. The zero-order valence-corrected chi connectivity index (χ0v) is 13.2. The first-order chi connectivity index (χ1) is 8.22. The molecule has 2 atom stereocenters. The third-order valence-corrected chi connectivity index (χ3v) is 5.28. The van der Waals surface area contributed by atoms with Gasteiger partial charge in [-0.25, -0.2) is 0 Å². The molecule has 0 radical (unpaired) electrons. The molecule has 0 saturated heterocycles. The predicted octanol–water partition coefficient (Wildman–Crippen LogP) is 3.83. The summed E-state index contributed by atoms with van der Waals surface area (Å²) in [4.78, 5) is 0. The number of ether oxygens (including phenoxy) is 1. The van der Waals surface area contributed by atoms with E-state index in [0.717, 1.165) is 0 Å². The highest BCUT2D eigenvalue weighted by molar-refractivity contribution is 5.75. The Balaban J connectivity index is 2.55. The second kappa shape index (κ2) is 4.25. The summed E-state index contributed by atoms with van der Waals surface area (Å²) >= 11 is 0. The summed E-state index contributed by atoms with van der Waals surface area (Å²) in [5.41, 5.74) is 0.468. The van der Waals surface area contributed by atoms with E-state index in [1.165, 1.54) is 25.2 Å². The summed E-state index contributed by atoms with van der Waals surface area (Å²) < 4.78 is 8.97. The fourth-order valence-electron chi connectivity index (χ4n) is 3.99. The molecule has 104 valence electrons. The average molecular weight is 252 g/mol. The van der Waals surface area contributed by atoms with Crippen molar-refractivity contribution in [3.05, 3.63) is 0 Å². The van der Waals surface area contributed by atoms with E-state index >= 15 is 0 Å². The van der Waals surface area contributed by atoms with Crippen molar-refractivity contribution in [2.75, 3.05) is 0 Å². The Bertz CT molecular complexity index is 367. The van der Waals surface area contributed by atoms with E-state index in [1.54, 1.807) is 0 Å². The summed E-state index contributed by atoms with van der Waals surface area (Å²) in [7, 11) is 0. The van der Waals surface area contributed by atoms with Crippen LogP contribution in [0, 0.1) is 11.3 Å². The Morgan fingerprint density at radius 2 is 1.78 bits per heavy atom. The molecular weight excluding hydrogens is 222 g/mol. The smallest absolute Gasteiger partial charge is 0.340 e. The molecule has 2 aliphatic rings. The predicted molar refractivity (Wildman–Crippen MR) is 76.2 cm³/mol. The molecule has 2 rings (SSSR count). The highest BCUT2D eigenvalue weighted by Crippen LogP contribution is 2.50. The van der Waals surface area contributed by atoms with Gasteiger partial charge in [-0.2, -0.15) is 4.58 Å². The molecule has 2 nitrogen and oxygen atoms in total. The van der Waals surface area contributed by atoms with Crippen LogP contribution in [0.3, 0.4) is 0 Å². The van der Waals surface area contributed by atoms with Crippen molar-refractivity contribution in [2.45, 2.75) is 85.4 Å². The van der Waals surface area contributed by atoms with Gasteiger partial charge < -0.3 is 4.74 Å². The minimum atomic E-state index is 0.152. The number of rotatable bonds is 2. The van der Waals surface area contributed by atoms with Gasteiger partial charge in [0.15, 0.2) is 12.1 Å². The second-order valence-electron chi connectivity index (χ2n) is 7.49.